The molecule has 0 unspecified atom stereocenters. The molecule has 2 aliphatic rings. The molecule has 0 saturated heterocycles. The van der Waals surface area contributed by atoms with Gasteiger partial charge < -0.3 is 10.2 Å². The maximum Gasteiger partial charge on any atom is 0.240 e. The molecule has 1 aromatic rings. The normalized spacial score (nSPS) is 21.1. The molecule has 0 radical (unpaired) electrons. The van der Waals surface area contributed by atoms with Crippen molar-refractivity contribution in [3.8, 4) is 0 Å². The third-order valence-electron chi connectivity index (χ3n) is 4.58. The first kappa shape index (κ1) is 15.2. The molecule has 1 aliphatic carbocycles. The summed E-state index contributed by atoms with van der Waals surface area (Å²) in [6, 6.07) is 0.303. The highest BCUT2D eigenvalue weighted by atomic mass is 16.2. The Morgan fingerprint density at radius 3 is 3.14 bits per heavy atom. The Balaban J connectivity index is 1.52. The van der Waals surface area contributed by atoms with Crippen molar-refractivity contribution in [2.24, 2.45) is 0 Å². The first-order chi connectivity index (χ1) is 10.8. The van der Waals surface area contributed by atoms with Crippen LogP contribution in [0.1, 0.15) is 44.9 Å². The quantitative estimate of drug-likeness (QED) is 0.895. The summed E-state index contributed by atoms with van der Waals surface area (Å²) >= 11 is 0. The zero-order valence-corrected chi connectivity index (χ0v) is 13.3. The number of hydrogen-bond donors (Lipinski definition) is 1. The van der Waals surface area contributed by atoms with E-state index in [1.54, 1.807) is 6.33 Å². The Kier molecular flexibility index (Phi) is 4.87. The van der Waals surface area contributed by atoms with Crippen LogP contribution in [0, 0.1) is 0 Å². The molecule has 22 heavy (non-hydrogen) atoms. The Bertz CT molecular complexity index is 550. The van der Waals surface area contributed by atoms with Crippen molar-refractivity contribution >= 4 is 5.91 Å². The molecule has 0 bridgehead atoms. The summed E-state index contributed by atoms with van der Waals surface area (Å²) in [6.45, 7) is 4.01. The molecule has 3 rings (SSSR count). The standard InChI is InChI=1S/C16H25N5O/c1-2-20(14-6-4-3-5-7-14)16(22)10-17-13-8-9-15-18-12-19-21(15)11-13/h6,12-13,17H,2-5,7-11H2,1H3/t13-/m1/s1. The highest BCUT2D eigenvalue weighted by Gasteiger charge is 2.22. The van der Waals surface area contributed by atoms with Gasteiger partial charge in [-0.2, -0.15) is 5.10 Å². The number of carbonyl (C=O) groups excluding carboxylic acids is 1. The van der Waals surface area contributed by atoms with Crippen LogP contribution in [0.4, 0.5) is 0 Å². The molecular weight excluding hydrogens is 278 g/mol. The zero-order chi connectivity index (χ0) is 15.4. The van der Waals surface area contributed by atoms with Gasteiger partial charge in [-0.05, 0) is 39.0 Å². The van der Waals surface area contributed by atoms with Gasteiger partial charge in [-0.1, -0.05) is 6.08 Å². The van der Waals surface area contributed by atoms with Gasteiger partial charge in [0, 0.05) is 24.7 Å². The minimum Gasteiger partial charge on any atom is -0.316 e. The fourth-order valence-electron chi connectivity index (χ4n) is 3.34. The van der Waals surface area contributed by atoms with Crippen LogP contribution in [0.3, 0.4) is 0 Å². The van der Waals surface area contributed by atoms with Gasteiger partial charge in [0.25, 0.3) is 0 Å². The summed E-state index contributed by atoms with van der Waals surface area (Å²) in [5.41, 5.74) is 1.21. The molecule has 1 aromatic heterocycles. The van der Waals surface area contributed by atoms with E-state index in [2.05, 4.69) is 28.4 Å². The van der Waals surface area contributed by atoms with E-state index in [9.17, 15) is 4.79 Å². The van der Waals surface area contributed by atoms with Gasteiger partial charge in [0.1, 0.15) is 12.2 Å². The average molecular weight is 303 g/mol. The number of carbonyl (C=O) groups is 1. The van der Waals surface area contributed by atoms with Crippen LogP contribution in [0.15, 0.2) is 18.1 Å². The minimum atomic E-state index is 0.181. The van der Waals surface area contributed by atoms with Crippen LogP contribution in [0.25, 0.3) is 0 Å². The van der Waals surface area contributed by atoms with E-state index >= 15 is 0 Å². The molecule has 1 N–H and O–H groups in total. The van der Waals surface area contributed by atoms with Crippen molar-refractivity contribution in [1.82, 2.24) is 25.0 Å². The number of nitrogens with zero attached hydrogens (tertiary/aromatic N) is 4. The largest absolute Gasteiger partial charge is 0.316 e. The van der Waals surface area contributed by atoms with Gasteiger partial charge in [0.15, 0.2) is 0 Å². The van der Waals surface area contributed by atoms with Crippen molar-refractivity contribution in [1.29, 1.82) is 0 Å². The van der Waals surface area contributed by atoms with Crippen LogP contribution in [-0.2, 0) is 17.8 Å². The second-order valence-corrected chi connectivity index (χ2v) is 6.05. The summed E-state index contributed by atoms with van der Waals surface area (Å²) in [7, 11) is 0. The molecule has 1 aliphatic heterocycles. The molecule has 6 nitrogen and oxygen atoms in total. The smallest absolute Gasteiger partial charge is 0.240 e. The predicted octanol–water partition coefficient (Wildman–Crippen LogP) is 1.49. The molecule has 6 heteroatoms. The van der Waals surface area contributed by atoms with Gasteiger partial charge in [-0.3, -0.25) is 4.79 Å². The minimum absolute atomic E-state index is 0.181. The summed E-state index contributed by atoms with van der Waals surface area (Å²) in [5, 5.41) is 7.62. The Morgan fingerprint density at radius 1 is 1.45 bits per heavy atom. The fraction of sp³-hybridized carbons (Fsp3) is 0.688. The van der Waals surface area contributed by atoms with E-state index in [0.29, 0.717) is 12.6 Å². The Labute approximate surface area is 131 Å². The second-order valence-electron chi connectivity index (χ2n) is 6.05. The van der Waals surface area contributed by atoms with E-state index in [-0.39, 0.29) is 5.91 Å². The Hall–Kier alpha value is -1.69. The number of allylic oxidation sites excluding steroid dienone is 2. The summed E-state index contributed by atoms with van der Waals surface area (Å²) in [6.07, 6.45) is 10.4. The van der Waals surface area contributed by atoms with Crippen molar-refractivity contribution in [3.05, 3.63) is 23.9 Å². The highest BCUT2D eigenvalue weighted by molar-refractivity contribution is 5.80. The first-order valence-electron chi connectivity index (χ1n) is 8.37. The van der Waals surface area contributed by atoms with Gasteiger partial charge in [0.05, 0.1) is 13.1 Å². The lowest BCUT2D eigenvalue weighted by molar-refractivity contribution is -0.128. The number of nitrogens with one attached hydrogen (secondary N) is 1. The van der Waals surface area contributed by atoms with Crippen LogP contribution in [0.2, 0.25) is 0 Å². The lowest BCUT2D eigenvalue weighted by Gasteiger charge is -2.28. The third-order valence-corrected chi connectivity index (χ3v) is 4.58. The topological polar surface area (TPSA) is 63.1 Å². The summed E-state index contributed by atoms with van der Waals surface area (Å²) in [4.78, 5) is 18.7. The molecule has 0 saturated carbocycles. The maximum absolute atomic E-state index is 12.5. The highest BCUT2D eigenvalue weighted by Crippen LogP contribution is 2.21. The fourth-order valence-corrected chi connectivity index (χ4v) is 3.34. The van der Waals surface area contributed by atoms with Crippen molar-refractivity contribution in [2.75, 3.05) is 13.1 Å². The van der Waals surface area contributed by atoms with Gasteiger partial charge in [-0.15, -0.1) is 0 Å². The summed E-state index contributed by atoms with van der Waals surface area (Å²) < 4.78 is 1.94. The number of aryl methyl sites for hydroxylation is 1. The molecular formula is C16H25N5O. The number of likely N-dealkylation sites (N-methyl/N-ethyl adjacent to an activating group) is 1. The van der Waals surface area contributed by atoms with Crippen LogP contribution in [-0.4, -0.2) is 44.7 Å². The van der Waals surface area contributed by atoms with Crippen LogP contribution >= 0.6 is 0 Å². The maximum atomic E-state index is 12.5. The van der Waals surface area contributed by atoms with Crippen LogP contribution in [0.5, 0.6) is 0 Å². The predicted molar refractivity (Wildman–Crippen MR) is 84.1 cm³/mol. The Morgan fingerprint density at radius 2 is 2.36 bits per heavy atom. The molecule has 2 heterocycles. The average Bonchev–Trinajstić information content (AvgIpc) is 3.02. The molecule has 120 valence electrons. The van der Waals surface area contributed by atoms with E-state index in [0.717, 1.165) is 44.6 Å². The monoisotopic (exact) mass is 303 g/mol. The number of rotatable bonds is 5. The number of hydrogen-bond acceptors (Lipinski definition) is 4. The molecule has 0 spiro atoms. The number of fused-ring (bicyclic) bond motifs is 1. The van der Waals surface area contributed by atoms with Crippen LogP contribution < -0.4 is 5.32 Å². The molecule has 1 amide bonds. The number of aromatic nitrogens is 3. The van der Waals surface area contributed by atoms with E-state index < -0.39 is 0 Å². The molecule has 0 aromatic carbocycles. The second kappa shape index (κ2) is 7.05. The lowest BCUT2D eigenvalue weighted by Crippen LogP contribution is -2.44. The van der Waals surface area contributed by atoms with E-state index in [1.807, 2.05) is 9.58 Å². The molecule has 1 atom stereocenters. The van der Waals surface area contributed by atoms with Gasteiger partial charge in [0.2, 0.25) is 5.91 Å². The van der Waals surface area contributed by atoms with Gasteiger partial charge >= 0.3 is 0 Å². The van der Waals surface area contributed by atoms with Gasteiger partial charge in [-0.25, -0.2) is 9.67 Å². The van der Waals surface area contributed by atoms with Crippen molar-refractivity contribution < 1.29 is 4.79 Å². The SMILES string of the molecule is CCN(C(=O)CN[C@@H]1CCc2ncnn2C1)C1=CCCCC1. The third kappa shape index (κ3) is 3.38. The first-order valence-corrected chi connectivity index (χ1v) is 8.37. The van der Waals surface area contributed by atoms with Crippen molar-refractivity contribution in [2.45, 2.75) is 58.0 Å². The summed E-state index contributed by atoms with van der Waals surface area (Å²) in [5.74, 6) is 1.23. The van der Waals surface area contributed by atoms with E-state index in [1.165, 1.54) is 18.5 Å². The zero-order valence-electron chi connectivity index (χ0n) is 13.3. The van der Waals surface area contributed by atoms with E-state index in [4.69, 9.17) is 0 Å². The lowest BCUT2D eigenvalue weighted by atomic mass is 10.0. The molecule has 0 fully saturated rings. The number of amides is 1. The van der Waals surface area contributed by atoms with Crippen molar-refractivity contribution in [3.63, 3.8) is 0 Å².